The zero-order valence-corrected chi connectivity index (χ0v) is 8.87. The number of halogens is 1. The fraction of sp³-hybridized carbons (Fsp3) is 0.500. The third kappa shape index (κ3) is 2.48. The molecule has 0 aliphatic heterocycles. The van der Waals surface area contributed by atoms with Gasteiger partial charge in [-0.05, 0) is 43.4 Å². The molecule has 1 aromatic carbocycles. The number of ether oxygens (including phenoxy) is 1. The summed E-state index contributed by atoms with van der Waals surface area (Å²) < 4.78 is 19.0. The summed E-state index contributed by atoms with van der Waals surface area (Å²) in [5, 5.41) is 0. The minimum absolute atomic E-state index is 0.104. The van der Waals surface area contributed by atoms with E-state index in [1.165, 1.54) is 18.9 Å². The van der Waals surface area contributed by atoms with Gasteiger partial charge in [0.15, 0.2) is 11.6 Å². The first kappa shape index (κ1) is 10.4. The van der Waals surface area contributed by atoms with Gasteiger partial charge in [-0.25, -0.2) is 4.39 Å². The van der Waals surface area contributed by atoms with Crippen LogP contribution < -0.4 is 10.5 Å². The molecule has 82 valence electrons. The molecule has 0 aromatic heterocycles. The lowest BCUT2D eigenvalue weighted by molar-refractivity contribution is 0.189. The van der Waals surface area contributed by atoms with E-state index in [1.807, 2.05) is 6.92 Å². The van der Waals surface area contributed by atoms with Crippen LogP contribution in [0.2, 0.25) is 0 Å². The Hall–Kier alpha value is -1.09. The molecule has 0 bridgehead atoms. The molecule has 3 heteroatoms. The fourth-order valence-corrected chi connectivity index (χ4v) is 1.63. The lowest BCUT2D eigenvalue weighted by Crippen LogP contribution is -2.15. The third-order valence-corrected chi connectivity index (χ3v) is 2.83. The monoisotopic (exact) mass is 209 g/mol. The standard InChI is InChI=1S/C12H16FNO/c1-8(10-3-4-10)15-12-6-9(7-14)2-5-11(12)13/h2,5-6,8,10H,3-4,7,14H2,1H3/t8-/m1/s1. The SMILES string of the molecule is C[C@@H](Oc1cc(CN)ccc1F)C1CC1. The average molecular weight is 209 g/mol. The van der Waals surface area contributed by atoms with Crippen molar-refractivity contribution in [3.63, 3.8) is 0 Å². The third-order valence-electron chi connectivity index (χ3n) is 2.83. The Morgan fingerprint density at radius 3 is 2.87 bits per heavy atom. The Balaban J connectivity index is 2.11. The van der Waals surface area contributed by atoms with Crippen LogP contribution in [-0.4, -0.2) is 6.10 Å². The van der Waals surface area contributed by atoms with Gasteiger partial charge in [-0.1, -0.05) is 6.07 Å². The molecule has 1 aromatic rings. The molecule has 0 unspecified atom stereocenters. The van der Waals surface area contributed by atoms with Gasteiger partial charge in [0.1, 0.15) is 0 Å². The maximum atomic E-state index is 13.4. The zero-order chi connectivity index (χ0) is 10.8. The van der Waals surface area contributed by atoms with Crippen LogP contribution in [0.4, 0.5) is 4.39 Å². The highest BCUT2D eigenvalue weighted by atomic mass is 19.1. The van der Waals surface area contributed by atoms with Crippen LogP contribution in [0.1, 0.15) is 25.3 Å². The highest BCUT2D eigenvalue weighted by molar-refractivity contribution is 5.30. The highest BCUT2D eigenvalue weighted by Crippen LogP contribution is 2.35. The van der Waals surface area contributed by atoms with E-state index in [0.29, 0.717) is 18.2 Å². The summed E-state index contributed by atoms with van der Waals surface area (Å²) in [6.07, 6.45) is 2.49. The predicted octanol–water partition coefficient (Wildman–Crippen LogP) is 2.46. The van der Waals surface area contributed by atoms with Gasteiger partial charge in [0, 0.05) is 6.54 Å². The van der Waals surface area contributed by atoms with E-state index in [-0.39, 0.29) is 11.9 Å². The van der Waals surface area contributed by atoms with Crippen LogP contribution in [0.5, 0.6) is 5.75 Å². The first-order valence-corrected chi connectivity index (χ1v) is 5.36. The Kier molecular flexibility index (Phi) is 2.91. The van der Waals surface area contributed by atoms with E-state index in [2.05, 4.69) is 0 Å². The lowest BCUT2D eigenvalue weighted by Gasteiger charge is -2.15. The summed E-state index contributed by atoms with van der Waals surface area (Å²) in [6, 6.07) is 4.79. The van der Waals surface area contributed by atoms with Crippen molar-refractivity contribution in [3.8, 4) is 5.75 Å². The van der Waals surface area contributed by atoms with E-state index >= 15 is 0 Å². The van der Waals surface area contributed by atoms with Crippen molar-refractivity contribution >= 4 is 0 Å². The molecule has 1 fully saturated rings. The summed E-state index contributed by atoms with van der Waals surface area (Å²) in [5.41, 5.74) is 6.39. The van der Waals surface area contributed by atoms with Gasteiger partial charge < -0.3 is 10.5 Å². The molecule has 1 aliphatic carbocycles. The summed E-state index contributed by atoms with van der Waals surface area (Å²) in [7, 11) is 0. The Bertz CT molecular complexity index is 349. The second kappa shape index (κ2) is 4.19. The Labute approximate surface area is 89.2 Å². The van der Waals surface area contributed by atoms with E-state index in [9.17, 15) is 4.39 Å². The van der Waals surface area contributed by atoms with Crippen LogP contribution >= 0.6 is 0 Å². The van der Waals surface area contributed by atoms with Crippen molar-refractivity contribution in [2.45, 2.75) is 32.4 Å². The lowest BCUT2D eigenvalue weighted by atomic mass is 10.2. The maximum Gasteiger partial charge on any atom is 0.165 e. The zero-order valence-electron chi connectivity index (χ0n) is 8.87. The molecule has 2 rings (SSSR count). The van der Waals surface area contributed by atoms with Crippen molar-refractivity contribution in [1.29, 1.82) is 0 Å². The van der Waals surface area contributed by atoms with Crippen molar-refractivity contribution in [2.24, 2.45) is 11.7 Å². The molecule has 2 N–H and O–H groups in total. The summed E-state index contributed by atoms with van der Waals surface area (Å²) in [4.78, 5) is 0. The fourth-order valence-electron chi connectivity index (χ4n) is 1.63. The van der Waals surface area contributed by atoms with Crippen LogP contribution in [0.3, 0.4) is 0 Å². The Morgan fingerprint density at radius 2 is 2.27 bits per heavy atom. The smallest absolute Gasteiger partial charge is 0.165 e. The summed E-state index contributed by atoms with van der Waals surface area (Å²) >= 11 is 0. The van der Waals surface area contributed by atoms with Gasteiger partial charge in [-0.15, -0.1) is 0 Å². The van der Waals surface area contributed by atoms with Crippen LogP contribution in [0.25, 0.3) is 0 Å². The quantitative estimate of drug-likeness (QED) is 0.826. The largest absolute Gasteiger partial charge is 0.487 e. The van der Waals surface area contributed by atoms with Crippen LogP contribution in [0.15, 0.2) is 18.2 Å². The van der Waals surface area contributed by atoms with Gasteiger partial charge in [0.05, 0.1) is 6.10 Å². The molecular weight excluding hydrogens is 193 g/mol. The molecule has 0 spiro atoms. The molecule has 15 heavy (non-hydrogen) atoms. The first-order chi connectivity index (χ1) is 7.20. The molecule has 0 amide bonds. The molecular formula is C12H16FNO. The van der Waals surface area contributed by atoms with Gasteiger partial charge >= 0.3 is 0 Å². The van der Waals surface area contributed by atoms with E-state index in [4.69, 9.17) is 10.5 Å². The minimum atomic E-state index is -0.306. The molecule has 0 saturated heterocycles. The molecule has 2 nitrogen and oxygen atoms in total. The molecule has 1 aliphatic rings. The first-order valence-electron chi connectivity index (χ1n) is 5.36. The van der Waals surface area contributed by atoms with E-state index in [0.717, 1.165) is 5.56 Å². The van der Waals surface area contributed by atoms with Crippen molar-refractivity contribution in [3.05, 3.63) is 29.6 Å². The van der Waals surface area contributed by atoms with Gasteiger partial charge in [0.25, 0.3) is 0 Å². The molecule has 1 atom stereocenters. The van der Waals surface area contributed by atoms with E-state index < -0.39 is 0 Å². The predicted molar refractivity (Wildman–Crippen MR) is 57.1 cm³/mol. The minimum Gasteiger partial charge on any atom is -0.487 e. The van der Waals surface area contributed by atoms with Crippen molar-refractivity contribution in [1.82, 2.24) is 0 Å². The topological polar surface area (TPSA) is 35.2 Å². The molecule has 1 saturated carbocycles. The maximum absolute atomic E-state index is 13.4. The number of nitrogens with two attached hydrogens (primary N) is 1. The van der Waals surface area contributed by atoms with Crippen LogP contribution in [-0.2, 0) is 6.54 Å². The van der Waals surface area contributed by atoms with Gasteiger partial charge in [0.2, 0.25) is 0 Å². The number of benzene rings is 1. The summed E-state index contributed by atoms with van der Waals surface area (Å²) in [5.74, 6) is 0.628. The highest BCUT2D eigenvalue weighted by Gasteiger charge is 2.29. The molecule has 0 radical (unpaired) electrons. The molecule has 0 heterocycles. The normalized spacial score (nSPS) is 17.5. The van der Waals surface area contributed by atoms with E-state index in [1.54, 1.807) is 12.1 Å². The van der Waals surface area contributed by atoms with Crippen molar-refractivity contribution in [2.75, 3.05) is 0 Å². The number of hydrogen-bond acceptors (Lipinski definition) is 2. The average Bonchev–Trinajstić information content (AvgIpc) is 3.04. The van der Waals surface area contributed by atoms with Gasteiger partial charge in [-0.2, -0.15) is 0 Å². The second-order valence-electron chi connectivity index (χ2n) is 4.13. The van der Waals surface area contributed by atoms with Gasteiger partial charge in [-0.3, -0.25) is 0 Å². The van der Waals surface area contributed by atoms with Crippen molar-refractivity contribution < 1.29 is 9.13 Å². The summed E-state index contributed by atoms with van der Waals surface area (Å²) in [6.45, 7) is 2.40. The van der Waals surface area contributed by atoms with Crippen LogP contribution in [0, 0.1) is 11.7 Å². The number of hydrogen-bond donors (Lipinski definition) is 1. The second-order valence-corrected chi connectivity index (χ2v) is 4.13. The number of rotatable bonds is 4. The Morgan fingerprint density at radius 1 is 1.53 bits per heavy atom.